The molecule has 26 heavy (non-hydrogen) atoms. The molecular formula is C18H15ClN6O. The largest absolute Gasteiger partial charge is 0.345 e. The summed E-state index contributed by atoms with van der Waals surface area (Å²) < 4.78 is 3.39. The van der Waals surface area contributed by atoms with Crippen molar-refractivity contribution < 1.29 is 4.79 Å². The van der Waals surface area contributed by atoms with Crippen molar-refractivity contribution in [2.75, 3.05) is 0 Å². The van der Waals surface area contributed by atoms with E-state index in [1.54, 1.807) is 23.1 Å². The highest BCUT2D eigenvalue weighted by Gasteiger charge is 2.12. The van der Waals surface area contributed by atoms with E-state index in [2.05, 4.69) is 20.6 Å². The van der Waals surface area contributed by atoms with Gasteiger partial charge in [-0.05, 0) is 31.2 Å². The summed E-state index contributed by atoms with van der Waals surface area (Å²) in [5.74, 6) is -0.307. The van der Waals surface area contributed by atoms with Crippen LogP contribution < -0.4 is 5.32 Å². The van der Waals surface area contributed by atoms with Gasteiger partial charge in [-0.1, -0.05) is 34.5 Å². The molecule has 7 nitrogen and oxygen atoms in total. The maximum atomic E-state index is 12.3. The lowest BCUT2D eigenvalue weighted by Gasteiger charge is -2.00. The van der Waals surface area contributed by atoms with E-state index in [9.17, 15) is 4.79 Å². The first-order valence-electron chi connectivity index (χ1n) is 7.99. The number of carbonyl (C=O) groups excluding carboxylic acids is 1. The van der Waals surface area contributed by atoms with E-state index in [4.69, 9.17) is 11.6 Å². The molecule has 0 aliphatic heterocycles. The standard InChI is InChI=1S/C18H15ClN6O/c1-12-2-5-15(6-3-12)25-11-16(22-23-25)18(26)20-8-14-10-24-9-13(19)4-7-17(24)21-14/h2-7,9-11H,8H2,1H3,(H,20,26). The molecule has 8 heteroatoms. The predicted octanol–water partition coefficient (Wildman–Crippen LogP) is 2.81. The van der Waals surface area contributed by atoms with Crippen molar-refractivity contribution in [3.63, 3.8) is 0 Å². The van der Waals surface area contributed by atoms with Gasteiger partial charge in [0.1, 0.15) is 5.65 Å². The van der Waals surface area contributed by atoms with E-state index in [0.717, 1.165) is 22.6 Å². The highest BCUT2D eigenvalue weighted by molar-refractivity contribution is 6.30. The third-order valence-electron chi connectivity index (χ3n) is 3.92. The highest BCUT2D eigenvalue weighted by atomic mass is 35.5. The van der Waals surface area contributed by atoms with E-state index in [-0.39, 0.29) is 18.1 Å². The Morgan fingerprint density at radius 1 is 1.12 bits per heavy atom. The van der Waals surface area contributed by atoms with Crippen molar-refractivity contribution in [2.24, 2.45) is 0 Å². The molecule has 0 unspecified atom stereocenters. The number of halogens is 1. The zero-order valence-corrected chi connectivity index (χ0v) is 14.7. The Labute approximate surface area is 154 Å². The fraction of sp³-hybridized carbons (Fsp3) is 0.111. The van der Waals surface area contributed by atoms with Crippen molar-refractivity contribution in [1.29, 1.82) is 0 Å². The summed E-state index contributed by atoms with van der Waals surface area (Å²) >= 11 is 5.96. The topological polar surface area (TPSA) is 77.1 Å². The first kappa shape index (κ1) is 16.3. The van der Waals surface area contributed by atoms with E-state index < -0.39 is 0 Å². The van der Waals surface area contributed by atoms with Gasteiger partial charge in [0.2, 0.25) is 0 Å². The summed E-state index contributed by atoms with van der Waals surface area (Å²) in [6.07, 6.45) is 5.19. The van der Waals surface area contributed by atoms with Gasteiger partial charge < -0.3 is 9.72 Å². The van der Waals surface area contributed by atoms with Gasteiger partial charge in [-0.15, -0.1) is 5.10 Å². The third kappa shape index (κ3) is 3.29. The van der Waals surface area contributed by atoms with Gasteiger partial charge in [-0.2, -0.15) is 0 Å². The van der Waals surface area contributed by atoms with Gasteiger partial charge in [0.15, 0.2) is 5.69 Å². The molecule has 3 aromatic heterocycles. The van der Waals surface area contributed by atoms with Gasteiger partial charge in [-0.3, -0.25) is 4.79 Å². The van der Waals surface area contributed by atoms with Crippen LogP contribution in [-0.2, 0) is 6.54 Å². The Morgan fingerprint density at radius 2 is 1.92 bits per heavy atom. The van der Waals surface area contributed by atoms with Crippen LogP contribution in [0.1, 0.15) is 21.7 Å². The van der Waals surface area contributed by atoms with Crippen LogP contribution in [0.15, 0.2) is 55.0 Å². The second kappa shape index (κ2) is 6.61. The van der Waals surface area contributed by atoms with Gasteiger partial charge >= 0.3 is 0 Å². The number of hydrogen-bond acceptors (Lipinski definition) is 4. The smallest absolute Gasteiger partial charge is 0.273 e. The van der Waals surface area contributed by atoms with E-state index >= 15 is 0 Å². The fourth-order valence-electron chi connectivity index (χ4n) is 2.56. The Hall–Kier alpha value is -3.19. The third-order valence-corrected chi connectivity index (χ3v) is 4.14. The number of pyridine rings is 1. The van der Waals surface area contributed by atoms with Crippen LogP contribution in [0.4, 0.5) is 0 Å². The van der Waals surface area contributed by atoms with Gasteiger partial charge in [0.25, 0.3) is 5.91 Å². The van der Waals surface area contributed by atoms with Gasteiger partial charge in [0.05, 0.1) is 29.1 Å². The Balaban J connectivity index is 1.45. The lowest BCUT2D eigenvalue weighted by Crippen LogP contribution is -2.23. The zero-order chi connectivity index (χ0) is 18.1. The first-order chi connectivity index (χ1) is 12.6. The maximum absolute atomic E-state index is 12.3. The number of rotatable bonds is 4. The molecule has 0 aliphatic rings. The normalized spacial score (nSPS) is 11.0. The number of hydrogen-bond donors (Lipinski definition) is 1. The summed E-state index contributed by atoms with van der Waals surface area (Å²) in [6.45, 7) is 2.30. The molecule has 1 aromatic carbocycles. The van der Waals surface area contributed by atoms with Crippen molar-refractivity contribution in [3.8, 4) is 5.69 Å². The van der Waals surface area contributed by atoms with E-state index in [1.165, 1.54) is 0 Å². The monoisotopic (exact) mass is 366 g/mol. The average Bonchev–Trinajstić information content (AvgIpc) is 3.27. The summed E-state index contributed by atoms with van der Waals surface area (Å²) in [4.78, 5) is 16.7. The molecule has 0 radical (unpaired) electrons. The van der Waals surface area contributed by atoms with Crippen LogP contribution in [0.3, 0.4) is 0 Å². The molecule has 1 N–H and O–H groups in total. The number of imidazole rings is 1. The van der Waals surface area contributed by atoms with E-state index in [0.29, 0.717) is 5.02 Å². The molecule has 4 rings (SSSR count). The van der Waals surface area contributed by atoms with Crippen molar-refractivity contribution >= 4 is 23.2 Å². The molecule has 1 amide bonds. The second-order valence-electron chi connectivity index (χ2n) is 5.91. The number of aryl methyl sites for hydroxylation is 1. The number of nitrogens with zero attached hydrogens (tertiary/aromatic N) is 5. The fourth-order valence-corrected chi connectivity index (χ4v) is 2.72. The molecule has 0 saturated heterocycles. The molecule has 4 aromatic rings. The highest BCUT2D eigenvalue weighted by Crippen LogP contribution is 2.12. The van der Waals surface area contributed by atoms with Crippen LogP contribution in [-0.4, -0.2) is 30.3 Å². The lowest BCUT2D eigenvalue weighted by molar-refractivity contribution is 0.0945. The minimum absolute atomic E-state index is 0.248. The average molecular weight is 367 g/mol. The molecule has 0 saturated carbocycles. The first-order valence-corrected chi connectivity index (χ1v) is 8.37. The van der Waals surface area contributed by atoms with Crippen molar-refractivity contribution in [1.82, 2.24) is 29.7 Å². The number of amides is 1. The summed E-state index contributed by atoms with van der Waals surface area (Å²) in [5, 5.41) is 11.4. The summed E-state index contributed by atoms with van der Waals surface area (Å²) in [6, 6.07) is 11.4. The van der Waals surface area contributed by atoms with Crippen molar-refractivity contribution in [2.45, 2.75) is 13.5 Å². The molecule has 130 valence electrons. The molecular weight excluding hydrogens is 352 g/mol. The molecule has 0 atom stereocenters. The predicted molar refractivity (Wildman–Crippen MR) is 97.5 cm³/mol. The van der Waals surface area contributed by atoms with Crippen LogP contribution in [0.25, 0.3) is 11.3 Å². The van der Waals surface area contributed by atoms with Crippen LogP contribution in [0.2, 0.25) is 5.02 Å². The molecule has 0 bridgehead atoms. The van der Waals surface area contributed by atoms with Gasteiger partial charge in [0, 0.05) is 12.4 Å². The maximum Gasteiger partial charge on any atom is 0.273 e. The number of aromatic nitrogens is 5. The Bertz CT molecular complexity index is 1080. The molecule has 0 spiro atoms. The number of nitrogens with one attached hydrogen (secondary N) is 1. The molecule has 0 fully saturated rings. The second-order valence-corrected chi connectivity index (χ2v) is 6.35. The van der Waals surface area contributed by atoms with Crippen LogP contribution >= 0.6 is 11.6 Å². The number of fused-ring (bicyclic) bond motifs is 1. The Kier molecular flexibility index (Phi) is 4.14. The lowest BCUT2D eigenvalue weighted by atomic mass is 10.2. The Morgan fingerprint density at radius 3 is 2.73 bits per heavy atom. The SMILES string of the molecule is Cc1ccc(-n2cc(C(=O)NCc3cn4cc(Cl)ccc4n3)nn2)cc1. The van der Waals surface area contributed by atoms with E-state index in [1.807, 2.05) is 47.9 Å². The summed E-state index contributed by atoms with van der Waals surface area (Å²) in [5.41, 5.74) is 3.74. The van der Waals surface area contributed by atoms with Crippen LogP contribution in [0, 0.1) is 6.92 Å². The quantitative estimate of drug-likeness (QED) is 0.602. The number of carbonyl (C=O) groups is 1. The van der Waals surface area contributed by atoms with Crippen molar-refractivity contribution in [3.05, 3.63) is 77.0 Å². The minimum Gasteiger partial charge on any atom is -0.345 e. The zero-order valence-electron chi connectivity index (χ0n) is 13.9. The van der Waals surface area contributed by atoms with Crippen LogP contribution in [0.5, 0.6) is 0 Å². The molecule has 0 aliphatic carbocycles. The minimum atomic E-state index is -0.307. The molecule has 3 heterocycles. The van der Waals surface area contributed by atoms with Gasteiger partial charge in [-0.25, -0.2) is 9.67 Å². The number of benzene rings is 1. The summed E-state index contributed by atoms with van der Waals surface area (Å²) in [7, 11) is 0.